The molecule has 2 aromatic carbocycles. The second-order valence-electron chi connectivity index (χ2n) is 6.88. The summed E-state index contributed by atoms with van der Waals surface area (Å²) in [6.45, 7) is 4.06. The molecule has 3 rings (SSSR count). The number of rotatable bonds is 9. The van der Waals surface area contributed by atoms with Crippen LogP contribution in [-0.2, 0) is 22.6 Å². The van der Waals surface area contributed by atoms with Crippen LogP contribution < -0.4 is 15.4 Å². The first-order valence-corrected chi connectivity index (χ1v) is 10.7. The lowest BCUT2D eigenvalue weighted by molar-refractivity contribution is -0.119. The molecule has 0 atom stereocenters. The van der Waals surface area contributed by atoms with Crippen LogP contribution in [0, 0.1) is 0 Å². The molecule has 156 valence electrons. The van der Waals surface area contributed by atoms with Gasteiger partial charge in [-0.05, 0) is 29.7 Å². The van der Waals surface area contributed by atoms with Gasteiger partial charge in [0.15, 0.2) is 11.7 Å². The van der Waals surface area contributed by atoms with Gasteiger partial charge in [0.2, 0.25) is 5.91 Å². The van der Waals surface area contributed by atoms with E-state index in [0.29, 0.717) is 17.4 Å². The summed E-state index contributed by atoms with van der Waals surface area (Å²) in [5.74, 6) is 0.361. The molecule has 0 aliphatic rings. The smallest absolute Gasteiger partial charge is 0.264 e. The van der Waals surface area contributed by atoms with Crippen molar-refractivity contribution in [1.29, 1.82) is 0 Å². The van der Waals surface area contributed by atoms with Crippen LogP contribution in [0.5, 0.6) is 5.75 Å². The molecule has 0 unspecified atom stereocenters. The van der Waals surface area contributed by atoms with Crippen LogP contribution in [0.3, 0.4) is 0 Å². The topological polar surface area (TPSA) is 80.3 Å². The van der Waals surface area contributed by atoms with Gasteiger partial charge in [0.1, 0.15) is 5.75 Å². The Labute approximate surface area is 180 Å². The molecular weight excluding hydrogens is 398 g/mol. The number of ether oxygens (including phenoxy) is 1. The molecule has 2 N–H and O–H groups in total. The number of amides is 2. The lowest BCUT2D eigenvalue weighted by atomic mass is 10.1. The van der Waals surface area contributed by atoms with Crippen LogP contribution >= 0.6 is 11.3 Å². The minimum Gasteiger partial charge on any atom is -0.484 e. The van der Waals surface area contributed by atoms with E-state index in [1.54, 1.807) is 0 Å². The fourth-order valence-electron chi connectivity index (χ4n) is 2.83. The molecule has 1 aromatic heterocycles. The average molecular weight is 424 g/mol. The fraction of sp³-hybridized carbons (Fsp3) is 0.261. The second-order valence-corrected chi connectivity index (χ2v) is 7.73. The SMILES string of the molecule is CCCc1ccc(OCC(=O)Nc2nc(-c3ccc(CNC(C)=O)cc3)cs2)cc1. The number of anilines is 1. The number of aryl methyl sites for hydroxylation is 1. The van der Waals surface area contributed by atoms with Gasteiger partial charge in [0.05, 0.1) is 5.69 Å². The normalized spacial score (nSPS) is 10.5. The summed E-state index contributed by atoms with van der Waals surface area (Å²) in [4.78, 5) is 27.6. The Kier molecular flexibility index (Phi) is 7.57. The maximum absolute atomic E-state index is 12.2. The van der Waals surface area contributed by atoms with Gasteiger partial charge in [-0.2, -0.15) is 0 Å². The van der Waals surface area contributed by atoms with E-state index in [1.807, 2.05) is 53.9 Å². The van der Waals surface area contributed by atoms with Gasteiger partial charge in [-0.3, -0.25) is 14.9 Å². The van der Waals surface area contributed by atoms with E-state index in [4.69, 9.17) is 4.74 Å². The summed E-state index contributed by atoms with van der Waals surface area (Å²) in [6, 6.07) is 15.6. The molecule has 0 spiro atoms. The number of thiazole rings is 1. The van der Waals surface area contributed by atoms with Crippen molar-refractivity contribution < 1.29 is 14.3 Å². The van der Waals surface area contributed by atoms with E-state index in [9.17, 15) is 9.59 Å². The summed E-state index contributed by atoms with van der Waals surface area (Å²) in [6.07, 6.45) is 2.13. The first kappa shape index (κ1) is 21.5. The Bertz CT molecular complexity index is 982. The van der Waals surface area contributed by atoms with Gasteiger partial charge < -0.3 is 10.1 Å². The molecule has 3 aromatic rings. The first-order chi connectivity index (χ1) is 14.5. The number of nitrogens with one attached hydrogen (secondary N) is 2. The van der Waals surface area contributed by atoms with Crippen LogP contribution in [0.4, 0.5) is 5.13 Å². The number of hydrogen-bond acceptors (Lipinski definition) is 5. The van der Waals surface area contributed by atoms with E-state index in [2.05, 4.69) is 22.5 Å². The van der Waals surface area contributed by atoms with Gasteiger partial charge in [0.25, 0.3) is 5.91 Å². The standard InChI is InChI=1S/C23H25N3O3S/c1-3-4-17-7-11-20(12-8-17)29-14-22(28)26-23-25-21(15-30-23)19-9-5-18(6-10-19)13-24-16(2)27/h5-12,15H,3-4,13-14H2,1-2H3,(H,24,27)(H,25,26,28). The summed E-state index contributed by atoms with van der Waals surface area (Å²) in [5, 5.41) is 7.96. The van der Waals surface area contributed by atoms with Crippen molar-refractivity contribution in [3.8, 4) is 17.0 Å². The van der Waals surface area contributed by atoms with Crippen LogP contribution in [-0.4, -0.2) is 23.4 Å². The van der Waals surface area contributed by atoms with Crippen molar-refractivity contribution in [2.24, 2.45) is 0 Å². The van der Waals surface area contributed by atoms with Gasteiger partial charge in [-0.1, -0.05) is 49.7 Å². The molecule has 30 heavy (non-hydrogen) atoms. The molecule has 0 aliphatic heterocycles. The fourth-order valence-corrected chi connectivity index (χ4v) is 3.56. The number of benzene rings is 2. The van der Waals surface area contributed by atoms with E-state index < -0.39 is 0 Å². The van der Waals surface area contributed by atoms with Crippen molar-refractivity contribution >= 4 is 28.3 Å². The molecule has 0 aliphatic carbocycles. The third-order valence-corrected chi connectivity index (χ3v) is 5.13. The average Bonchev–Trinajstić information content (AvgIpc) is 3.21. The Balaban J connectivity index is 1.50. The molecular formula is C23H25N3O3S. The van der Waals surface area contributed by atoms with Gasteiger partial charge >= 0.3 is 0 Å². The second kappa shape index (κ2) is 10.5. The van der Waals surface area contributed by atoms with Crippen molar-refractivity contribution in [2.45, 2.75) is 33.2 Å². The van der Waals surface area contributed by atoms with E-state index in [1.165, 1.54) is 23.8 Å². The minimum absolute atomic E-state index is 0.0588. The highest BCUT2D eigenvalue weighted by Gasteiger charge is 2.09. The molecule has 0 saturated carbocycles. The van der Waals surface area contributed by atoms with Crippen LogP contribution in [0.25, 0.3) is 11.3 Å². The number of nitrogens with zero attached hydrogens (tertiary/aromatic N) is 1. The molecule has 0 fully saturated rings. The summed E-state index contributed by atoms with van der Waals surface area (Å²) in [7, 11) is 0. The maximum Gasteiger partial charge on any atom is 0.264 e. The quantitative estimate of drug-likeness (QED) is 0.534. The predicted octanol–water partition coefficient (Wildman–Crippen LogP) is 4.42. The Morgan fingerprint density at radius 3 is 2.40 bits per heavy atom. The number of carbonyl (C=O) groups excluding carboxylic acids is 2. The third-order valence-electron chi connectivity index (χ3n) is 4.37. The highest BCUT2D eigenvalue weighted by Crippen LogP contribution is 2.25. The molecule has 0 saturated heterocycles. The largest absolute Gasteiger partial charge is 0.484 e. The lowest BCUT2D eigenvalue weighted by Crippen LogP contribution is -2.20. The molecule has 6 nitrogen and oxygen atoms in total. The van der Waals surface area contributed by atoms with E-state index in [-0.39, 0.29) is 18.4 Å². The van der Waals surface area contributed by atoms with Crippen molar-refractivity contribution in [1.82, 2.24) is 10.3 Å². The van der Waals surface area contributed by atoms with E-state index >= 15 is 0 Å². The molecule has 1 heterocycles. The third kappa shape index (κ3) is 6.42. The number of hydrogen-bond donors (Lipinski definition) is 2. The van der Waals surface area contributed by atoms with Crippen LogP contribution in [0.1, 0.15) is 31.4 Å². The van der Waals surface area contributed by atoms with Crippen molar-refractivity contribution in [3.05, 3.63) is 65.0 Å². The van der Waals surface area contributed by atoms with Crippen LogP contribution in [0.15, 0.2) is 53.9 Å². The molecule has 2 amide bonds. The highest BCUT2D eigenvalue weighted by molar-refractivity contribution is 7.14. The zero-order chi connectivity index (χ0) is 21.3. The minimum atomic E-state index is -0.251. The summed E-state index contributed by atoms with van der Waals surface area (Å²) >= 11 is 1.36. The number of aromatic nitrogens is 1. The Hall–Kier alpha value is -3.19. The first-order valence-electron chi connectivity index (χ1n) is 9.84. The van der Waals surface area contributed by atoms with Crippen LogP contribution in [0.2, 0.25) is 0 Å². The van der Waals surface area contributed by atoms with Gasteiger partial charge in [-0.25, -0.2) is 4.98 Å². The monoisotopic (exact) mass is 423 g/mol. The summed E-state index contributed by atoms with van der Waals surface area (Å²) < 4.78 is 5.55. The Morgan fingerprint density at radius 1 is 1.03 bits per heavy atom. The van der Waals surface area contributed by atoms with E-state index in [0.717, 1.165) is 29.7 Å². The molecule has 0 bridgehead atoms. The maximum atomic E-state index is 12.2. The zero-order valence-electron chi connectivity index (χ0n) is 17.1. The highest BCUT2D eigenvalue weighted by atomic mass is 32.1. The van der Waals surface area contributed by atoms with Gasteiger partial charge in [0, 0.05) is 24.4 Å². The zero-order valence-corrected chi connectivity index (χ0v) is 17.9. The molecule has 7 heteroatoms. The van der Waals surface area contributed by atoms with Crippen molar-refractivity contribution in [3.63, 3.8) is 0 Å². The number of carbonyl (C=O) groups is 2. The summed E-state index contributed by atoms with van der Waals surface area (Å²) in [5.41, 5.74) is 4.00. The van der Waals surface area contributed by atoms with Gasteiger partial charge in [-0.15, -0.1) is 11.3 Å². The van der Waals surface area contributed by atoms with Crippen molar-refractivity contribution in [2.75, 3.05) is 11.9 Å². The molecule has 0 radical (unpaired) electrons. The predicted molar refractivity (Wildman–Crippen MR) is 120 cm³/mol. The Morgan fingerprint density at radius 2 is 1.73 bits per heavy atom. The lowest BCUT2D eigenvalue weighted by Gasteiger charge is -2.07.